The van der Waals surface area contributed by atoms with Gasteiger partial charge in [0.2, 0.25) is 0 Å². The summed E-state index contributed by atoms with van der Waals surface area (Å²) >= 11 is 12.2. The van der Waals surface area contributed by atoms with E-state index in [1.54, 1.807) is 0 Å². The Morgan fingerprint density at radius 3 is 2.58 bits per heavy atom. The number of halogens is 2. The van der Waals surface area contributed by atoms with Crippen LogP contribution < -0.4 is 5.32 Å². The van der Waals surface area contributed by atoms with E-state index in [1.807, 2.05) is 6.07 Å². The van der Waals surface area contributed by atoms with Gasteiger partial charge in [-0.2, -0.15) is 0 Å². The van der Waals surface area contributed by atoms with Crippen LogP contribution >= 0.6 is 23.2 Å². The number of rotatable bonds is 4. The Kier molecular flexibility index (Phi) is 5.56. The molecular formula is C16H23Cl2N. The average molecular weight is 300 g/mol. The molecule has 1 aliphatic rings. The molecule has 1 N–H and O–H groups in total. The summed E-state index contributed by atoms with van der Waals surface area (Å²) in [7, 11) is 0. The fourth-order valence-electron chi connectivity index (χ4n) is 3.02. The molecule has 0 saturated heterocycles. The Morgan fingerprint density at radius 1 is 1.16 bits per heavy atom. The van der Waals surface area contributed by atoms with Gasteiger partial charge in [-0.1, -0.05) is 56.0 Å². The van der Waals surface area contributed by atoms with Crippen molar-refractivity contribution in [2.75, 3.05) is 6.54 Å². The maximum atomic E-state index is 6.16. The maximum Gasteiger partial charge on any atom is 0.0595 e. The van der Waals surface area contributed by atoms with Gasteiger partial charge >= 0.3 is 0 Å². The third kappa shape index (κ3) is 4.11. The van der Waals surface area contributed by atoms with E-state index in [2.05, 4.69) is 31.3 Å². The van der Waals surface area contributed by atoms with E-state index in [1.165, 1.54) is 31.2 Å². The fourth-order valence-corrected chi connectivity index (χ4v) is 3.33. The van der Waals surface area contributed by atoms with E-state index < -0.39 is 0 Å². The Bertz CT molecular complexity index is 417. The highest BCUT2D eigenvalue weighted by Crippen LogP contribution is 2.39. The molecule has 0 radical (unpaired) electrons. The molecule has 2 rings (SSSR count). The normalized spacial score (nSPS) is 23.8. The lowest BCUT2D eigenvalue weighted by atomic mass is 9.75. The summed E-state index contributed by atoms with van der Waals surface area (Å²) in [4.78, 5) is 0. The SMILES string of the molecule is CC(C)NCC1CCCCC1c1ccc(Cl)c(Cl)c1. The first kappa shape index (κ1) is 15.2. The largest absolute Gasteiger partial charge is 0.314 e. The first-order valence-corrected chi connectivity index (χ1v) is 8.02. The zero-order chi connectivity index (χ0) is 13.8. The van der Waals surface area contributed by atoms with E-state index in [9.17, 15) is 0 Å². The van der Waals surface area contributed by atoms with Gasteiger partial charge < -0.3 is 5.32 Å². The van der Waals surface area contributed by atoms with Crippen molar-refractivity contribution in [3.8, 4) is 0 Å². The molecule has 0 bridgehead atoms. The van der Waals surface area contributed by atoms with E-state index in [4.69, 9.17) is 23.2 Å². The lowest BCUT2D eigenvalue weighted by Gasteiger charge is -2.33. The molecule has 2 atom stereocenters. The minimum absolute atomic E-state index is 0.552. The van der Waals surface area contributed by atoms with Crippen LogP contribution in [0.1, 0.15) is 51.0 Å². The minimum atomic E-state index is 0.552. The molecule has 3 heteroatoms. The van der Waals surface area contributed by atoms with Gasteiger partial charge in [0.15, 0.2) is 0 Å². The van der Waals surface area contributed by atoms with Crippen molar-refractivity contribution in [2.24, 2.45) is 5.92 Å². The first-order chi connectivity index (χ1) is 9.08. The lowest BCUT2D eigenvalue weighted by Crippen LogP contribution is -2.33. The van der Waals surface area contributed by atoms with Crippen LogP contribution in [0, 0.1) is 5.92 Å². The van der Waals surface area contributed by atoms with Gasteiger partial charge in [-0.25, -0.2) is 0 Å². The smallest absolute Gasteiger partial charge is 0.0595 e. The minimum Gasteiger partial charge on any atom is -0.314 e. The third-order valence-electron chi connectivity index (χ3n) is 4.07. The van der Waals surface area contributed by atoms with Gasteiger partial charge in [0.25, 0.3) is 0 Å². The number of benzene rings is 1. The van der Waals surface area contributed by atoms with Gasteiger partial charge in [-0.05, 0) is 48.9 Å². The predicted molar refractivity (Wildman–Crippen MR) is 84.3 cm³/mol. The number of nitrogens with one attached hydrogen (secondary N) is 1. The van der Waals surface area contributed by atoms with Crippen LogP contribution in [0.5, 0.6) is 0 Å². The molecule has 1 aromatic carbocycles. The Hall–Kier alpha value is -0.240. The van der Waals surface area contributed by atoms with Crippen LogP contribution in [0.15, 0.2) is 18.2 Å². The highest BCUT2D eigenvalue weighted by atomic mass is 35.5. The van der Waals surface area contributed by atoms with Crippen molar-refractivity contribution < 1.29 is 0 Å². The monoisotopic (exact) mass is 299 g/mol. The van der Waals surface area contributed by atoms with E-state index in [0.29, 0.717) is 27.9 Å². The zero-order valence-electron chi connectivity index (χ0n) is 11.8. The summed E-state index contributed by atoms with van der Waals surface area (Å²) in [5.41, 5.74) is 1.35. The number of hydrogen-bond acceptors (Lipinski definition) is 1. The summed E-state index contributed by atoms with van der Waals surface area (Å²) in [5, 5.41) is 4.91. The molecule has 0 aliphatic heterocycles. The predicted octanol–water partition coefficient (Wildman–Crippen LogP) is 5.27. The molecule has 1 fully saturated rings. The molecule has 1 aliphatic carbocycles. The molecule has 0 amide bonds. The quantitative estimate of drug-likeness (QED) is 0.799. The van der Waals surface area contributed by atoms with Crippen LogP contribution in [0.2, 0.25) is 10.0 Å². The van der Waals surface area contributed by atoms with Crippen molar-refractivity contribution in [3.05, 3.63) is 33.8 Å². The van der Waals surface area contributed by atoms with Crippen molar-refractivity contribution in [1.29, 1.82) is 0 Å². The second kappa shape index (κ2) is 6.97. The Morgan fingerprint density at radius 2 is 1.89 bits per heavy atom. The fraction of sp³-hybridized carbons (Fsp3) is 0.625. The topological polar surface area (TPSA) is 12.0 Å². The Labute approximate surface area is 126 Å². The summed E-state index contributed by atoms with van der Waals surface area (Å²) < 4.78 is 0. The van der Waals surface area contributed by atoms with E-state index in [-0.39, 0.29) is 0 Å². The molecule has 2 unspecified atom stereocenters. The number of hydrogen-bond donors (Lipinski definition) is 1. The summed E-state index contributed by atoms with van der Waals surface area (Å²) in [5.74, 6) is 1.34. The van der Waals surface area contributed by atoms with E-state index in [0.717, 1.165) is 6.54 Å². The van der Waals surface area contributed by atoms with Crippen LogP contribution in [0.3, 0.4) is 0 Å². The Balaban J connectivity index is 2.11. The molecule has 1 saturated carbocycles. The standard InChI is InChI=1S/C16H23Cl2N/c1-11(2)19-10-13-5-3-4-6-14(13)12-7-8-15(17)16(18)9-12/h7-9,11,13-14,19H,3-6,10H2,1-2H3. The van der Waals surface area contributed by atoms with Gasteiger partial charge in [0.1, 0.15) is 0 Å². The van der Waals surface area contributed by atoms with Crippen LogP contribution in [0.25, 0.3) is 0 Å². The molecule has 106 valence electrons. The molecule has 1 aromatic rings. The highest BCUT2D eigenvalue weighted by Gasteiger charge is 2.26. The van der Waals surface area contributed by atoms with Gasteiger partial charge in [0, 0.05) is 6.04 Å². The second-order valence-electron chi connectivity index (χ2n) is 5.89. The maximum absolute atomic E-state index is 6.16. The van der Waals surface area contributed by atoms with Crippen molar-refractivity contribution in [3.63, 3.8) is 0 Å². The first-order valence-electron chi connectivity index (χ1n) is 7.26. The zero-order valence-corrected chi connectivity index (χ0v) is 13.3. The lowest BCUT2D eigenvalue weighted by molar-refractivity contribution is 0.289. The van der Waals surface area contributed by atoms with Gasteiger partial charge in [-0.15, -0.1) is 0 Å². The second-order valence-corrected chi connectivity index (χ2v) is 6.70. The molecule has 1 nitrogen and oxygen atoms in total. The van der Waals surface area contributed by atoms with E-state index >= 15 is 0 Å². The average Bonchev–Trinajstić information content (AvgIpc) is 2.40. The molecule has 19 heavy (non-hydrogen) atoms. The molecule has 0 aromatic heterocycles. The van der Waals surface area contributed by atoms with Crippen LogP contribution in [-0.4, -0.2) is 12.6 Å². The van der Waals surface area contributed by atoms with Crippen LogP contribution in [0.4, 0.5) is 0 Å². The summed E-state index contributed by atoms with van der Waals surface area (Å²) in [6.45, 7) is 5.51. The third-order valence-corrected chi connectivity index (χ3v) is 4.81. The van der Waals surface area contributed by atoms with Crippen LogP contribution in [-0.2, 0) is 0 Å². The van der Waals surface area contributed by atoms with Gasteiger partial charge in [0.05, 0.1) is 10.0 Å². The molecule has 0 spiro atoms. The summed E-state index contributed by atoms with van der Waals surface area (Å²) in [6, 6.07) is 6.69. The summed E-state index contributed by atoms with van der Waals surface area (Å²) in [6.07, 6.45) is 5.25. The van der Waals surface area contributed by atoms with Crippen molar-refractivity contribution in [2.45, 2.75) is 51.5 Å². The van der Waals surface area contributed by atoms with Gasteiger partial charge in [-0.3, -0.25) is 0 Å². The molecule has 0 heterocycles. The highest BCUT2D eigenvalue weighted by molar-refractivity contribution is 6.42. The molecular weight excluding hydrogens is 277 g/mol. The van der Waals surface area contributed by atoms with Crippen molar-refractivity contribution >= 4 is 23.2 Å². The van der Waals surface area contributed by atoms with Crippen molar-refractivity contribution in [1.82, 2.24) is 5.32 Å².